The van der Waals surface area contributed by atoms with E-state index in [0.29, 0.717) is 23.0 Å². The van der Waals surface area contributed by atoms with Crippen molar-refractivity contribution in [3.8, 4) is 6.07 Å². The normalized spacial score (nSPS) is 22.2. The number of carbonyl (C=O) groups is 2. The van der Waals surface area contributed by atoms with E-state index in [2.05, 4.69) is 28.3 Å². The molecule has 2 aromatic carbocycles. The molecule has 1 saturated carbocycles. The molecule has 130 valence electrons. The van der Waals surface area contributed by atoms with E-state index in [1.807, 2.05) is 18.2 Å². The summed E-state index contributed by atoms with van der Waals surface area (Å²) in [5.41, 5.74) is 8.16. The van der Waals surface area contributed by atoms with Crippen molar-refractivity contribution >= 4 is 11.9 Å². The van der Waals surface area contributed by atoms with Crippen LogP contribution in [0.25, 0.3) is 0 Å². The van der Waals surface area contributed by atoms with Gasteiger partial charge in [0.2, 0.25) is 0 Å². The average molecular weight is 346 g/mol. The summed E-state index contributed by atoms with van der Waals surface area (Å²) in [5, 5.41) is 11.8. The first-order valence-electron chi connectivity index (χ1n) is 8.62. The van der Waals surface area contributed by atoms with Gasteiger partial charge in [-0.05, 0) is 48.1 Å². The van der Waals surface area contributed by atoms with Gasteiger partial charge in [-0.2, -0.15) is 5.26 Å². The Hall–Kier alpha value is -3.33. The van der Waals surface area contributed by atoms with Crippen LogP contribution in [-0.2, 0) is 6.42 Å². The number of fused-ring (bicyclic) bond motifs is 3. The molecule has 2 aliphatic rings. The van der Waals surface area contributed by atoms with Crippen molar-refractivity contribution in [2.45, 2.75) is 24.8 Å². The molecule has 3 atom stereocenters. The highest BCUT2D eigenvalue weighted by Crippen LogP contribution is 2.54. The third kappa shape index (κ3) is 3.00. The number of nitrogens with one attached hydrogen (secondary N) is 3. The van der Waals surface area contributed by atoms with E-state index in [1.165, 1.54) is 17.2 Å². The summed E-state index contributed by atoms with van der Waals surface area (Å²) < 4.78 is 0. The van der Waals surface area contributed by atoms with Gasteiger partial charge < -0.3 is 5.32 Å². The molecule has 0 saturated heterocycles. The molecule has 0 heterocycles. The predicted octanol–water partition coefficient (Wildman–Crippen LogP) is 2.23. The second kappa shape index (κ2) is 6.52. The van der Waals surface area contributed by atoms with Gasteiger partial charge >= 0.3 is 6.03 Å². The fourth-order valence-electron chi connectivity index (χ4n) is 3.87. The number of rotatable bonds is 2. The Morgan fingerprint density at radius 3 is 2.77 bits per heavy atom. The van der Waals surface area contributed by atoms with Gasteiger partial charge in [0.25, 0.3) is 5.91 Å². The van der Waals surface area contributed by atoms with Crippen LogP contribution in [0.4, 0.5) is 4.79 Å². The molecule has 0 spiro atoms. The van der Waals surface area contributed by atoms with Crippen LogP contribution in [0, 0.1) is 17.2 Å². The topological polar surface area (TPSA) is 94.0 Å². The highest BCUT2D eigenvalue weighted by molar-refractivity contribution is 5.95. The SMILES string of the molecule is N#Cc1cccc(C(=O)NNC(=O)NC2C3CCc4ccccc4C32)c1. The first-order valence-corrected chi connectivity index (χ1v) is 8.62. The maximum Gasteiger partial charge on any atom is 0.333 e. The summed E-state index contributed by atoms with van der Waals surface area (Å²) >= 11 is 0. The summed E-state index contributed by atoms with van der Waals surface area (Å²) in [6.07, 6.45) is 2.11. The standard InChI is InChI=1S/C20H18N4O2/c21-11-12-4-3-6-14(10-12)19(25)23-24-20(26)22-18-16-9-8-13-5-1-2-7-15(13)17(16)18/h1-7,10,16-18H,8-9H2,(H,23,25)(H2,22,24,26). The van der Waals surface area contributed by atoms with E-state index in [1.54, 1.807) is 18.2 Å². The second-order valence-corrected chi connectivity index (χ2v) is 6.70. The third-order valence-electron chi connectivity index (χ3n) is 5.17. The Labute approximate surface area is 151 Å². The number of amides is 3. The van der Waals surface area contributed by atoms with Gasteiger partial charge in [0.15, 0.2) is 0 Å². The zero-order chi connectivity index (χ0) is 18.1. The van der Waals surface area contributed by atoms with Crippen molar-refractivity contribution in [1.29, 1.82) is 5.26 Å². The number of hydrogen-bond acceptors (Lipinski definition) is 3. The lowest BCUT2D eigenvalue weighted by atomic mass is 9.92. The highest BCUT2D eigenvalue weighted by atomic mass is 16.2. The van der Waals surface area contributed by atoms with E-state index in [4.69, 9.17) is 5.26 Å². The minimum atomic E-state index is -0.462. The molecule has 3 unspecified atom stereocenters. The Bertz CT molecular complexity index is 918. The molecule has 26 heavy (non-hydrogen) atoms. The van der Waals surface area contributed by atoms with E-state index >= 15 is 0 Å². The number of nitrogens with zero attached hydrogens (tertiary/aromatic N) is 1. The number of benzene rings is 2. The van der Waals surface area contributed by atoms with Gasteiger partial charge in [-0.1, -0.05) is 30.3 Å². The molecule has 0 aliphatic heterocycles. The number of nitriles is 1. The molecule has 0 bridgehead atoms. The lowest BCUT2D eigenvalue weighted by molar-refractivity contribution is 0.0936. The summed E-state index contributed by atoms with van der Waals surface area (Å²) in [7, 11) is 0. The summed E-state index contributed by atoms with van der Waals surface area (Å²) in [6.45, 7) is 0. The molecular formula is C20H18N4O2. The van der Waals surface area contributed by atoms with Crippen molar-refractivity contribution in [1.82, 2.24) is 16.2 Å². The number of hydrogen-bond donors (Lipinski definition) is 3. The Kier molecular flexibility index (Phi) is 4.05. The van der Waals surface area contributed by atoms with Gasteiger partial charge in [0, 0.05) is 17.5 Å². The smallest absolute Gasteiger partial charge is 0.333 e. The van der Waals surface area contributed by atoms with Crippen LogP contribution in [0.3, 0.4) is 0 Å². The third-order valence-corrected chi connectivity index (χ3v) is 5.17. The molecule has 0 radical (unpaired) electrons. The summed E-state index contributed by atoms with van der Waals surface area (Å²) in [5.74, 6) is 0.378. The van der Waals surface area contributed by atoms with Crippen LogP contribution in [-0.4, -0.2) is 18.0 Å². The van der Waals surface area contributed by atoms with E-state index in [-0.39, 0.29) is 6.04 Å². The number of carbonyl (C=O) groups excluding carboxylic acids is 2. The van der Waals surface area contributed by atoms with E-state index < -0.39 is 11.9 Å². The summed E-state index contributed by atoms with van der Waals surface area (Å²) in [6, 6.07) is 16.3. The van der Waals surface area contributed by atoms with Crippen LogP contribution < -0.4 is 16.2 Å². The van der Waals surface area contributed by atoms with Crippen LogP contribution in [0.2, 0.25) is 0 Å². The van der Waals surface area contributed by atoms with Gasteiger partial charge in [0.1, 0.15) is 0 Å². The molecule has 3 N–H and O–H groups in total. The average Bonchev–Trinajstić information content (AvgIpc) is 3.39. The van der Waals surface area contributed by atoms with Gasteiger partial charge in [-0.15, -0.1) is 0 Å². The van der Waals surface area contributed by atoms with Crippen molar-refractivity contribution in [3.63, 3.8) is 0 Å². The van der Waals surface area contributed by atoms with Gasteiger partial charge in [-0.25, -0.2) is 10.2 Å². The van der Waals surface area contributed by atoms with E-state index in [9.17, 15) is 9.59 Å². The van der Waals surface area contributed by atoms with Crippen molar-refractivity contribution in [3.05, 3.63) is 70.8 Å². The van der Waals surface area contributed by atoms with Gasteiger partial charge in [-0.3, -0.25) is 10.2 Å². The van der Waals surface area contributed by atoms with Gasteiger partial charge in [0.05, 0.1) is 11.6 Å². The zero-order valence-corrected chi connectivity index (χ0v) is 14.0. The van der Waals surface area contributed by atoms with Crippen molar-refractivity contribution < 1.29 is 9.59 Å². The number of urea groups is 1. The largest absolute Gasteiger partial charge is 0.333 e. The maximum absolute atomic E-state index is 12.1. The lowest BCUT2D eigenvalue weighted by Gasteiger charge is -2.13. The maximum atomic E-state index is 12.1. The predicted molar refractivity (Wildman–Crippen MR) is 95.1 cm³/mol. The van der Waals surface area contributed by atoms with Crippen LogP contribution in [0.5, 0.6) is 0 Å². The Morgan fingerprint density at radius 1 is 1.08 bits per heavy atom. The molecule has 6 nitrogen and oxygen atoms in total. The Balaban J connectivity index is 1.32. The Morgan fingerprint density at radius 2 is 1.92 bits per heavy atom. The lowest BCUT2D eigenvalue weighted by Crippen LogP contribution is -2.48. The van der Waals surface area contributed by atoms with Crippen LogP contribution >= 0.6 is 0 Å². The highest BCUT2D eigenvalue weighted by Gasteiger charge is 2.53. The minimum Gasteiger partial charge on any atom is -0.333 e. The number of hydrazine groups is 1. The second-order valence-electron chi connectivity index (χ2n) is 6.70. The zero-order valence-electron chi connectivity index (χ0n) is 14.0. The van der Waals surface area contributed by atoms with Crippen molar-refractivity contribution in [2.75, 3.05) is 0 Å². The molecule has 6 heteroatoms. The van der Waals surface area contributed by atoms with E-state index in [0.717, 1.165) is 12.8 Å². The molecule has 2 aliphatic carbocycles. The first-order chi connectivity index (χ1) is 12.7. The number of aryl methyl sites for hydroxylation is 1. The molecule has 3 amide bonds. The van der Waals surface area contributed by atoms with Crippen LogP contribution in [0.15, 0.2) is 48.5 Å². The molecule has 1 fully saturated rings. The fraction of sp³-hybridized carbons (Fsp3) is 0.250. The quantitative estimate of drug-likeness (QED) is 0.728. The summed E-state index contributed by atoms with van der Waals surface area (Å²) in [4.78, 5) is 24.2. The molecule has 0 aromatic heterocycles. The molecule has 4 rings (SSSR count). The van der Waals surface area contributed by atoms with Crippen LogP contribution in [0.1, 0.15) is 39.4 Å². The fourth-order valence-corrected chi connectivity index (χ4v) is 3.87. The first kappa shape index (κ1) is 16.2. The monoisotopic (exact) mass is 346 g/mol. The van der Waals surface area contributed by atoms with Crippen molar-refractivity contribution in [2.24, 2.45) is 5.92 Å². The minimum absolute atomic E-state index is 0.109. The molecule has 2 aromatic rings. The molecular weight excluding hydrogens is 328 g/mol.